The number of nitrogen functional groups attached to an aromatic ring is 1. The summed E-state index contributed by atoms with van der Waals surface area (Å²) < 4.78 is 5.90. The number of piperidine rings is 1. The Bertz CT molecular complexity index is 1030. The van der Waals surface area contributed by atoms with E-state index in [9.17, 15) is 0 Å². The van der Waals surface area contributed by atoms with Crippen molar-refractivity contribution in [3.05, 3.63) is 29.7 Å². The lowest BCUT2D eigenvalue weighted by molar-refractivity contribution is 0.00385. The van der Waals surface area contributed by atoms with Gasteiger partial charge in [0.15, 0.2) is 0 Å². The molecule has 9 heteroatoms. The zero-order valence-corrected chi connectivity index (χ0v) is 19.1. The summed E-state index contributed by atoms with van der Waals surface area (Å²) in [6.07, 6.45) is 7.79. The highest BCUT2D eigenvalue weighted by Crippen LogP contribution is 2.40. The van der Waals surface area contributed by atoms with E-state index >= 15 is 0 Å². The van der Waals surface area contributed by atoms with Crippen LogP contribution in [0.25, 0.3) is 10.9 Å². The molecule has 0 aromatic carbocycles. The van der Waals surface area contributed by atoms with Crippen molar-refractivity contribution in [1.82, 2.24) is 20.2 Å². The van der Waals surface area contributed by atoms with E-state index < -0.39 is 0 Å². The van der Waals surface area contributed by atoms with Crippen LogP contribution in [0.1, 0.15) is 33.6 Å². The number of aromatic nitrogens is 4. The molecule has 4 rings (SSSR count). The highest BCUT2D eigenvalue weighted by atomic mass is 35.5. The number of fused-ring (bicyclic) bond motifs is 1. The molecule has 0 bridgehead atoms. The highest BCUT2D eigenvalue weighted by Gasteiger charge is 2.32. The van der Waals surface area contributed by atoms with Crippen LogP contribution >= 0.6 is 23.4 Å². The minimum absolute atomic E-state index is 0.212. The summed E-state index contributed by atoms with van der Waals surface area (Å²) in [5.41, 5.74) is 7.00. The van der Waals surface area contributed by atoms with Gasteiger partial charge in [-0.2, -0.15) is 5.10 Å². The van der Waals surface area contributed by atoms with Crippen LogP contribution in [0.2, 0.25) is 5.02 Å². The fourth-order valence-corrected chi connectivity index (χ4v) is 4.79. The van der Waals surface area contributed by atoms with Crippen molar-refractivity contribution < 1.29 is 4.74 Å². The molecular weight excluding hydrogens is 420 g/mol. The Morgan fingerprint density at radius 2 is 2.03 bits per heavy atom. The molecule has 0 unspecified atom stereocenters. The quantitative estimate of drug-likeness (QED) is 0.563. The van der Waals surface area contributed by atoms with Crippen LogP contribution in [0.3, 0.4) is 0 Å². The van der Waals surface area contributed by atoms with Gasteiger partial charge in [0.2, 0.25) is 0 Å². The lowest BCUT2D eigenvalue weighted by Crippen LogP contribution is -2.41. The van der Waals surface area contributed by atoms with Crippen LogP contribution in [-0.4, -0.2) is 46.0 Å². The molecule has 1 fully saturated rings. The molecule has 1 aliphatic rings. The molecule has 3 N–H and O–H groups in total. The predicted molar refractivity (Wildman–Crippen MR) is 122 cm³/mol. The Kier molecular flexibility index (Phi) is 6.09. The molecule has 0 radical (unpaired) electrons. The first-order valence-corrected chi connectivity index (χ1v) is 11.3. The number of nitrogens with two attached hydrogens (primary N) is 1. The number of hydrogen-bond donors (Lipinski definition) is 2. The summed E-state index contributed by atoms with van der Waals surface area (Å²) in [5, 5.41) is 8.88. The summed E-state index contributed by atoms with van der Waals surface area (Å²) in [6, 6.07) is 1.85. The molecule has 4 heterocycles. The third kappa shape index (κ3) is 4.36. The molecule has 1 saturated heterocycles. The van der Waals surface area contributed by atoms with E-state index in [0.29, 0.717) is 10.8 Å². The Morgan fingerprint density at radius 1 is 1.27 bits per heavy atom. The van der Waals surface area contributed by atoms with Crippen LogP contribution < -0.4 is 10.6 Å². The van der Waals surface area contributed by atoms with Crippen LogP contribution in [0, 0.1) is 5.41 Å². The van der Waals surface area contributed by atoms with Crippen molar-refractivity contribution in [2.75, 3.05) is 30.3 Å². The molecule has 7 nitrogen and oxygen atoms in total. The minimum atomic E-state index is 0.212. The molecule has 0 amide bonds. The van der Waals surface area contributed by atoms with Crippen LogP contribution in [0.15, 0.2) is 34.4 Å². The van der Waals surface area contributed by atoms with Gasteiger partial charge >= 0.3 is 0 Å². The second-order valence-corrected chi connectivity index (χ2v) is 9.83. The second-order valence-electron chi connectivity index (χ2n) is 8.37. The number of nitrogens with one attached hydrogen (secondary N) is 1. The van der Waals surface area contributed by atoms with E-state index in [1.165, 1.54) is 11.8 Å². The monoisotopic (exact) mass is 446 g/mol. The Balaban J connectivity index is 1.54. The zero-order chi connectivity index (χ0) is 21.3. The number of pyridine rings is 2. The van der Waals surface area contributed by atoms with Gasteiger partial charge in [0.1, 0.15) is 11.6 Å². The summed E-state index contributed by atoms with van der Waals surface area (Å²) in [4.78, 5) is 13.0. The van der Waals surface area contributed by atoms with Gasteiger partial charge in [0.25, 0.3) is 0 Å². The van der Waals surface area contributed by atoms with Gasteiger partial charge in [-0.3, -0.25) is 5.10 Å². The summed E-state index contributed by atoms with van der Waals surface area (Å²) >= 11 is 7.83. The predicted octanol–water partition coefficient (Wildman–Crippen LogP) is 4.77. The van der Waals surface area contributed by atoms with Gasteiger partial charge in [0, 0.05) is 30.4 Å². The smallest absolute Gasteiger partial charge is 0.143 e. The van der Waals surface area contributed by atoms with Crippen LogP contribution in [-0.2, 0) is 4.74 Å². The zero-order valence-electron chi connectivity index (χ0n) is 17.5. The topological polar surface area (TPSA) is 93.0 Å². The Hall–Kier alpha value is -2.03. The van der Waals surface area contributed by atoms with E-state index in [0.717, 1.165) is 59.0 Å². The molecular formula is C21H27ClN6OS. The number of anilines is 2. The summed E-state index contributed by atoms with van der Waals surface area (Å²) in [5.74, 6) is 1.29. The van der Waals surface area contributed by atoms with E-state index in [4.69, 9.17) is 27.1 Å². The normalized spacial score (nSPS) is 16.5. The first-order valence-electron chi connectivity index (χ1n) is 10.1. The molecule has 3 aromatic rings. The first-order chi connectivity index (χ1) is 14.4. The third-order valence-corrected chi connectivity index (χ3v) is 7.17. The van der Waals surface area contributed by atoms with Crippen molar-refractivity contribution in [3.63, 3.8) is 0 Å². The van der Waals surface area contributed by atoms with Gasteiger partial charge in [-0.05, 0) is 38.2 Å². The number of aromatic amines is 1. The molecule has 3 aromatic heterocycles. The number of ether oxygens (including phenoxy) is 1. The third-order valence-electron chi connectivity index (χ3n) is 5.57. The molecule has 0 spiro atoms. The van der Waals surface area contributed by atoms with Gasteiger partial charge in [-0.1, -0.05) is 30.3 Å². The second kappa shape index (κ2) is 8.61. The van der Waals surface area contributed by atoms with Gasteiger partial charge in [0.05, 0.1) is 39.7 Å². The first kappa shape index (κ1) is 21.2. The SMILES string of the molecule is CC(C)OCC1(C)CCN(c2ncc(Sc3ccnc(N)c3Cl)c3[nH]ncc23)CC1. The molecule has 1 aliphatic heterocycles. The van der Waals surface area contributed by atoms with Gasteiger partial charge < -0.3 is 15.4 Å². The standard InChI is InChI=1S/C21H27ClN6OS/c1-13(2)29-12-21(3)5-8-28(9-6-21)20-14-10-26-27-18(14)16(11-25-20)30-15-4-7-24-19(23)17(15)22/h4,7,10-11,13H,5-6,8-9,12H2,1-3H3,(H2,23,24)(H,26,27). The summed E-state index contributed by atoms with van der Waals surface area (Å²) in [6.45, 7) is 9.20. The molecule has 0 saturated carbocycles. The average Bonchev–Trinajstić information content (AvgIpc) is 3.21. The summed E-state index contributed by atoms with van der Waals surface area (Å²) in [7, 11) is 0. The van der Waals surface area contributed by atoms with Crippen molar-refractivity contribution in [2.24, 2.45) is 5.41 Å². The number of rotatable bonds is 6. The number of H-pyrrole nitrogens is 1. The fraction of sp³-hybridized carbons (Fsp3) is 0.476. The average molecular weight is 447 g/mol. The maximum atomic E-state index is 6.32. The van der Waals surface area contributed by atoms with Crippen molar-refractivity contribution in [2.45, 2.75) is 49.5 Å². The Morgan fingerprint density at radius 3 is 2.77 bits per heavy atom. The van der Waals surface area contributed by atoms with Crippen molar-refractivity contribution in [1.29, 1.82) is 0 Å². The van der Waals surface area contributed by atoms with E-state index in [1.54, 1.807) is 6.20 Å². The molecule has 160 valence electrons. The van der Waals surface area contributed by atoms with Gasteiger partial charge in [-0.15, -0.1) is 0 Å². The van der Waals surface area contributed by atoms with Crippen LogP contribution in [0.4, 0.5) is 11.6 Å². The van der Waals surface area contributed by atoms with Crippen molar-refractivity contribution in [3.8, 4) is 0 Å². The van der Waals surface area contributed by atoms with E-state index in [2.05, 4.69) is 40.9 Å². The minimum Gasteiger partial charge on any atom is -0.382 e. The number of hydrogen-bond acceptors (Lipinski definition) is 7. The van der Waals surface area contributed by atoms with Crippen LogP contribution in [0.5, 0.6) is 0 Å². The molecule has 30 heavy (non-hydrogen) atoms. The maximum Gasteiger partial charge on any atom is 0.143 e. The van der Waals surface area contributed by atoms with E-state index in [-0.39, 0.29) is 11.5 Å². The largest absolute Gasteiger partial charge is 0.382 e. The van der Waals surface area contributed by atoms with E-state index in [1.807, 2.05) is 18.5 Å². The fourth-order valence-electron chi connectivity index (χ4n) is 3.64. The highest BCUT2D eigenvalue weighted by molar-refractivity contribution is 7.99. The maximum absolute atomic E-state index is 6.32. The Labute approximate surface area is 185 Å². The molecule has 0 aliphatic carbocycles. The number of halogens is 1. The lowest BCUT2D eigenvalue weighted by atomic mass is 9.81. The van der Waals surface area contributed by atoms with Gasteiger partial charge in [-0.25, -0.2) is 9.97 Å². The van der Waals surface area contributed by atoms with Crippen molar-refractivity contribution >= 4 is 45.9 Å². The number of nitrogens with zero attached hydrogens (tertiary/aromatic N) is 4. The molecule has 0 atom stereocenters. The lowest BCUT2D eigenvalue weighted by Gasteiger charge is -2.40.